The summed E-state index contributed by atoms with van der Waals surface area (Å²) in [5.41, 5.74) is 2.49. The monoisotopic (exact) mass is 293 g/mol. The summed E-state index contributed by atoms with van der Waals surface area (Å²) in [5.74, 6) is 0. The summed E-state index contributed by atoms with van der Waals surface area (Å²) in [6.45, 7) is 4.75. The number of hydrogen-bond donors (Lipinski definition) is 1. The number of nitrogens with one attached hydrogen (secondary N) is 1. The predicted octanol–water partition coefficient (Wildman–Crippen LogP) is 2.74. The molecule has 1 N–H and O–H groups in total. The number of nitrogens with zero attached hydrogens (tertiary/aromatic N) is 2. The lowest BCUT2D eigenvalue weighted by Crippen LogP contribution is -2.19. The maximum atomic E-state index is 4.25. The molecule has 2 rings (SSSR count). The third-order valence-corrected chi connectivity index (χ3v) is 3.33. The van der Waals surface area contributed by atoms with Crippen LogP contribution in [0.25, 0.3) is 0 Å². The van der Waals surface area contributed by atoms with Gasteiger partial charge in [-0.3, -0.25) is 4.68 Å². The van der Waals surface area contributed by atoms with Gasteiger partial charge in [-0.25, -0.2) is 0 Å². The van der Waals surface area contributed by atoms with Crippen molar-refractivity contribution in [1.29, 1.82) is 0 Å². The Balaban J connectivity index is 1.75. The van der Waals surface area contributed by atoms with Crippen LogP contribution in [0, 0.1) is 6.92 Å². The summed E-state index contributed by atoms with van der Waals surface area (Å²) >= 11 is 3.54. The third-order valence-electron chi connectivity index (χ3n) is 2.55. The summed E-state index contributed by atoms with van der Waals surface area (Å²) in [6, 6.07) is 8.27. The summed E-state index contributed by atoms with van der Waals surface area (Å²) in [7, 11) is 0. The maximum absolute atomic E-state index is 4.25. The van der Waals surface area contributed by atoms with Crippen molar-refractivity contribution < 1.29 is 0 Å². The molecule has 2 aromatic rings. The average Bonchev–Trinajstić information content (AvgIpc) is 2.73. The van der Waals surface area contributed by atoms with E-state index < -0.39 is 0 Å². The normalized spacial score (nSPS) is 10.7. The molecule has 4 heteroatoms. The van der Waals surface area contributed by atoms with Crippen LogP contribution in [0.1, 0.15) is 11.1 Å². The van der Waals surface area contributed by atoms with Crippen molar-refractivity contribution in [3.63, 3.8) is 0 Å². The first kappa shape index (κ1) is 12.3. The van der Waals surface area contributed by atoms with Crippen LogP contribution < -0.4 is 5.32 Å². The first-order chi connectivity index (χ1) is 8.25. The first-order valence-corrected chi connectivity index (χ1v) is 6.48. The molecule has 17 heavy (non-hydrogen) atoms. The van der Waals surface area contributed by atoms with Gasteiger partial charge in [-0.1, -0.05) is 34.1 Å². The van der Waals surface area contributed by atoms with E-state index in [0.29, 0.717) is 0 Å². The zero-order chi connectivity index (χ0) is 12.1. The minimum absolute atomic E-state index is 0.877. The van der Waals surface area contributed by atoms with Gasteiger partial charge in [0.1, 0.15) is 0 Å². The molecule has 0 aliphatic heterocycles. The number of halogens is 1. The molecule has 1 heterocycles. The third kappa shape index (κ3) is 3.68. The molecule has 0 spiro atoms. The number of aromatic nitrogens is 2. The van der Waals surface area contributed by atoms with Gasteiger partial charge in [0.25, 0.3) is 0 Å². The van der Waals surface area contributed by atoms with Gasteiger partial charge in [-0.15, -0.1) is 0 Å². The van der Waals surface area contributed by atoms with Gasteiger partial charge in [0.2, 0.25) is 0 Å². The molecule has 3 nitrogen and oxygen atoms in total. The van der Waals surface area contributed by atoms with Crippen molar-refractivity contribution in [2.24, 2.45) is 0 Å². The van der Waals surface area contributed by atoms with Crippen LogP contribution in [0.3, 0.4) is 0 Å². The lowest BCUT2D eigenvalue weighted by Gasteiger charge is -2.06. The summed E-state index contributed by atoms with van der Waals surface area (Å²) in [5, 5.41) is 7.65. The highest BCUT2D eigenvalue weighted by molar-refractivity contribution is 9.10. The van der Waals surface area contributed by atoms with E-state index in [-0.39, 0.29) is 0 Å². The highest BCUT2D eigenvalue weighted by Gasteiger charge is 1.98. The van der Waals surface area contributed by atoms with Crippen molar-refractivity contribution in [1.82, 2.24) is 15.1 Å². The van der Waals surface area contributed by atoms with Crippen LogP contribution in [0.5, 0.6) is 0 Å². The quantitative estimate of drug-likeness (QED) is 0.859. The molecule has 0 unspecified atom stereocenters. The Morgan fingerprint density at radius 3 is 2.88 bits per heavy atom. The summed E-state index contributed by atoms with van der Waals surface area (Å²) < 4.78 is 3.12. The molecule has 0 saturated heterocycles. The number of hydrogen-bond acceptors (Lipinski definition) is 2. The molecule has 0 aliphatic carbocycles. The second-order valence-corrected chi connectivity index (χ2v) is 4.90. The number of benzene rings is 1. The minimum atomic E-state index is 0.877. The molecule has 0 bridgehead atoms. The highest BCUT2D eigenvalue weighted by Crippen LogP contribution is 2.15. The molecule has 0 aliphatic rings. The van der Waals surface area contributed by atoms with Crippen LogP contribution in [0.4, 0.5) is 0 Å². The second kappa shape index (κ2) is 5.98. The van der Waals surface area contributed by atoms with Crippen LogP contribution in [0.15, 0.2) is 41.1 Å². The van der Waals surface area contributed by atoms with E-state index in [1.807, 2.05) is 16.9 Å². The van der Waals surface area contributed by atoms with Crippen LogP contribution in [-0.4, -0.2) is 16.3 Å². The average molecular weight is 294 g/mol. The molecule has 1 aromatic carbocycles. The van der Waals surface area contributed by atoms with Crippen LogP contribution >= 0.6 is 15.9 Å². The number of rotatable bonds is 5. The lowest BCUT2D eigenvalue weighted by atomic mass is 10.2. The predicted molar refractivity (Wildman–Crippen MR) is 72.8 cm³/mol. The Labute approximate surface area is 110 Å². The maximum Gasteiger partial charge on any atom is 0.0534 e. The van der Waals surface area contributed by atoms with Crippen molar-refractivity contribution >= 4 is 15.9 Å². The van der Waals surface area contributed by atoms with Gasteiger partial charge in [0.05, 0.1) is 12.7 Å². The van der Waals surface area contributed by atoms with Crippen LogP contribution in [-0.2, 0) is 13.1 Å². The second-order valence-electron chi connectivity index (χ2n) is 4.05. The SMILES string of the molecule is Cc1cnn(CCNCc2ccccc2Br)c1. The van der Waals surface area contributed by atoms with Crippen molar-refractivity contribution in [2.45, 2.75) is 20.0 Å². The number of aryl methyl sites for hydroxylation is 1. The van der Waals surface area contributed by atoms with Crippen molar-refractivity contribution in [3.8, 4) is 0 Å². The van der Waals surface area contributed by atoms with Gasteiger partial charge in [-0.05, 0) is 24.1 Å². The van der Waals surface area contributed by atoms with Gasteiger partial charge in [0.15, 0.2) is 0 Å². The molecule has 1 aromatic heterocycles. The zero-order valence-electron chi connectivity index (χ0n) is 9.86. The Hall–Kier alpha value is -1.13. The smallest absolute Gasteiger partial charge is 0.0534 e. The van der Waals surface area contributed by atoms with Crippen molar-refractivity contribution in [2.75, 3.05) is 6.54 Å². The Morgan fingerprint density at radius 2 is 2.18 bits per heavy atom. The Kier molecular flexibility index (Phi) is 4.34. The minimum Gasteiger partial charge on any atom is -0.311 e. The van der Waals surface area contributed by atoms with Gasteiger partial charge < -0.3 is 5.32 Å². The van der Waals surface area contributed by atoms with Crippen LogP contribution in [0.2, 0.25) is 0 Å². The molecule has 0 radical (unpaired) electrons. The zero-order valence-corrected chi connectivity index (χ0v) is 11.4. The molecule has 0 atom stereocenters. The standard InChI is InChI=1S/C13H16BrN3/c1-11-8-16-17(10-11)7-6-15-9-12-4-2-3-5-13(12)14/h2-5,8,10,15H,6-7,9H2,1H3. The molecule has 90 valence electrons. The fourth-order valence-electron chi connectivity index (χ4n) is 1.65. The topological polar surface area (TPSA) is 29.9 Å². The van der Waals surface area contributed by atoms with E-state index in [0.717, 1.165) is 24.1 Å². The van der Waals surface area contributed by atoms with E-state index in [9.17, 15) is 0 Å². The van der Waals surface area contributed by atoms with Gasteiger partial charge in [0, 0.05) is 23.8 Å². The first-order valence-electron chi connectivity index (χ1n) is 5.69. The van der Waals surface area contributed by atoms with E-state index in [4.69, 9.17) is 0 Å². The molecular formula is C13H16BrN3. The fraction of sp³-hybridized carbons (Fsp3) is 0.308. The van der Waals surface area contributed by atoms with E-state index in [2.05, 4.69) is 57.7 Å². The largest absolute Gasteiger partial charge is 0.311 e. The van der Waals surface area contributed by atoms with Crippen molar-refractivity contribution in [3.05, 3.63) is 52.3 Å². The molecule has 0 saturated carbocycles. The fourth-order valence-corrected chi connectivity index (χ4v) is 2.07. The van der Waals surface area contributed by atoms with Gasteiger partial charge >= 0.3 is 0 Å². The van der Waals surface area contributed by atoms with E-state index in [1.54, 1.807) is 0 Å². The van der Waals surface area contributed by atoms with E-state index in [1.165, 1.54) is 11.1 Å². The Bertz CT molecular complexity index is 479. The summed E-state index contributed by atoms with van der Waals surface area (Å²) in [6.07, 6.45) is 3.94. The highest BCUT2D eigenvalue weighted by atomic mass is 79.9. The van der Waals surface area contributed by atoms with Gasteiger partial charge in [-0.2, -0.15) is 5.10 Å². The van der Waals surface area contributed by atoms with E-state index >= 15 is 0 Å². The molecule has 0 fully saturated rings. The Morgan fingerprint density at radius 1 is 1.35 bits per heavy atom. The molecule has 0 amide bonds. The summed E-state index contributed by atoms with van der Waals surface area (Å²) in [4.78, 5) is 0. The molecular weight excluding hydrogens is 278 g/mol. The lowest BCUT2D eigenvalue weighted by molar-refractivity contribution is 0.554.